The van der Waals surface area contributed by atoms with E-state index in [0.717, 1.165) is 5.56 Å². The molecule has 0 aromatic heterocycles. The van der Waals surface area contributed by atoms with Crippen molar-refractivity contribution in [1.82, 2.24) is 5.32 Å². The molecule has 1 fully saturated rings. The van der Waals surface area contributed by atoms with Crippen LogP contribution in [-0.4, -0.2) is 12.5 Å². The number of rotatable bonds is 1. The summed E-state index contributed by atoms with van der Waals surface area (Å²) in [6, 6.07) is 11.7. The lowest BCUT2D eigenvalue weighted by molar-refractivity contribution is -0.121. The summed E-state index contributed by atoms with van der Waals surface area (Å²) in [5, 5.41) is 11.6. The van der Waals surface area contributed by atoms with Crippen LogP contribution in [0.3, 0.4) is 0 Å². The molecule has 1 N–H and O–H groups in total. The van der Waals surface area contributed by atoms with E-state index in [-0.39, 0.29) is 11.8 Å². The molecule has 1 aliphatic rings. The van der Waals surface area contributed by atoms with Gasteiger partial charge in [0, 0.05) is 12.5 Å². The average molecular weight is 186 g/mol. The van der Waals surface area contributed by atoms with Crippen molar-refractivity contribution < 1.29 is 4.79 Å². The fourth-order valence-corrected chi connectivity index (χ4v) is 1.78. The average Bonchev–Trinajstić information content (AvgIpc) is 2.61. The van der Waals surface area contributed by atoms with Crippen molar-refractivity contribution >= 4 is 5.91 Å². The Bertz CT molecular complexity index is 380. The summed E-state index contributed by atoms with van der Waals surface area (Å²) in [5.41, 5.74) is 1.05. The largest absolute Gasteiger partial charge is 0.354 e. The Labute approximate surface area is 82.4 Å². The van der Waals surface area contributed by atoms with Crippen LogP contribution in [0.1, 0.15) is 11.5 Å². The summed E-state index contributed by atoms with van der Waals surface area (Å²) >= 11 is 0. The molecule has 2 unspecified atom stereocenters. The molecule has 2 rings (SSSR count). The molecule has 14 heavy (non-hydrogen) atoms. The molecule has 1 heterocycles. The van der Waals surface area contributed by atoms with Crippen molar-refractivity contribution in [3.8, 4) is 6.07 Å². The minimum absolute atomic E-state index is 0.00806. The van der Waals surface area contributed by atoms with E-state index in [2.05, 4.69) is 11.4 Å². The van der Waals surface area contributed by atoms with Gasteiger partial charge in [0.15, 0.2) is 0 Å². The molecule has 1 saturated heterocycles. The van der Waals surface area contributed by atoms with E-state index in [9.17, 15) is 4.79 Å². The molecule has 3 nitrogen and oxygen atoms in total. The van der Waals surface area contributed by atoms with E-state index in [1.165, 1.54) is 0 Å². The molecular formula is C11H10N2O. The number of nitrogens with one attached hydrogen (secondary N) is 1. The van der Waals surface area contributed by atoms with Gasteiger partial charge in [-0.15, -0.1) is 0 Å². The molecular weight excluding hydrogens is 176 g/mol. The number of amides is 1. The van der Waals surface area contributed by atoms with E-state index < -0.39 is 5.92 Å². The van der Waals surface area contributed by atoms with Gasteiger partial charge in [-0.25, -0.2) is 0 Å². The van der Waals surface area contributed by atoms with Crippen LogP contribution in [-0.2, 0) is 4.79 Å². The van der Waals surface area contributed by atoms with Crippen molar-refractivity contribution in [2.24, 2.45) is 5.92 Å². The second-order valence-corrected chi connectivity index (χ2v) is 3.37. The molecule has 70 valence electrons. The quantitative estimate of drug-likeness (QED) is 0.712. The van der Waals surface area contributed by atoms with Gasteiger partial charge in [0.25, 0.3) is 0 Å². The molecule has 0 radical (unpaired) electrons. The Balaban J connectivity index is 2.29. The van der Waals surface area contributed by atoms with Crippen molar-refractivity contribution in [3.05, 3.63) is 35.9 Å². The van der Waals surface area contributed by atoms with Gasteiger partial charge in [-0.05, 0) is 5.56 Å². The van der Waals surface area contributed by atoms with Gasteiger partial charge < -0.3 is 5.32 Å². The normalized spacial score (nSPS) is 25.5. The number of hydrogen-bond donors (Lipinski definition) is 1. The maximum atomic E-state index is 11.3. The maximum absolute atomic E-state index is 11.3. The number of hydrogen-bond acceptors (Lipinski definition) is 2. The molecule has 0 bridgehead atoms. The third kappa shape index (κ3) is 1.35. The molecule has 1 aromatic rings. The lowest BCUT2D eigenvalue weighted by atomic mass is 9.90. The SMILES string of the molecule is N#CC1C(=O)NCC1c1ccccc1. The Hall–Kier alpha value is -1.82. The summed E-state index contributed by atoms with van der Waals surface area (Å²) < 4.78 is 0. The first kappa shape index (κ1) is 8.76. The third-order valence-corrected chi connectivity index (χ3v) is 2.55. The lowest BCUT2D eigenvalue weighted by Gasteiger charge is -2.09. The topological polar surface area (TPSA) is 52.9 Å². The zero-order valence-corrected chi connectivity index (χ0v) is 7.60. The predicted molar refractivity (Wildman–Crippen MR) is 51.3 cm³/mol. The highest BCUT2D eigenvalue weighted by Crippen LogP contribution is 2.27. The smallest absolute Gasteiger partial charge is 0.238 e. The highest BCUT2D eigenvalue weighted by atomic mass is 16.2. The van der Waals surface area contributed by atoms with E-state index in [4.69, 9.17) is 5.26 Å². The van der Waals surface area contributed by atoms with Crippen LogP contribution in [0, 0.1) is 17.2 Å². The Morgan fingerprint density at radius 1 is 1.36 bits per heavy atom. The van der Waals surface area contributed by atoms with E-state index in [0.29, 0.717) is 6.54 Å². The minimum Gasteiger partial charge on any atom is -0.354 e. The van der Waals surface area contributed by atoms with Crippen LogP contribution >= 0.6 is 0 Å². The third-order valence-electron chi connectivity index (χ3n) is 2.55. The standard InChI is InChI=1S/C11H10N2O/c12-6-9-10(7-13-11(9)14)8-4-2-1-3-5-8/h1-5,9-10H,7H2,(H,13,14). The molecule has 3 heteroatoms. The maximum Gasteiger partial charge on any atom is 0.238 e. The Morgan fingerprint density at radius 2 is 2.07 bits per heavy atom. The minimum atomic E-state index is -0.530. The first-order chi connectivity index (χ1) is 6.83. The van der Waals surface area contributed by atoms with Crippen molar-refractivity contribution in [2.45, 2.75) is 5.92 Å². The van der Waals surface area contributed by atoms with Crippen LogP contribution in [0.2, 0.25) is 0 Å². The van der Waals surface area contributed by atoms with E-state index in [1.54, 1.807) is 0 Å². The Morgan fingerprint density at radius 3 is 2.71 bits per heavy atom. The second-order valence-electron chi connectivity index (χ2n) is 3.37. The van der Waals surface area contributed by atoms with Gasteiger partial charge in [0.1, 0.15) is 5.92 Å². The zero-order valence-electron chi connectivity index (χ0n) is 7.60. The summed E-state index contributed by atoms with van der Waals surface area (Å²) in [6.07, 6.45) is 0. The highest BCUT2D eigenvalue weighted by molar-refractivity contribution is 5.84. The van der Waals surface area contributed by atoms with Gasteiger partial charge in [0.2, 0.25) is 5.91 Å². The van der Waals surface area contributed by atoms with Crippen LogP contribution in [0.5, 0.6) is 0 Å². The van der Waals surface area contributed by atoms with Crippen molar-refractivity contribution in [2.75, 3.05) is 6.54 Å². The molecule has 0 saturated carbocycles. The first-order valence-electron chi connectivity index (χ1n) is 4.55. The predicted octanol–water partition coefficient (Wildman–Crippen LogP) is 1.04. The van der Waals surface area contributed by atoms with Gasteiger partial charge in [-0.2, -0.15) is 5.26 Å². The van der Waals surface area contributed by atoms with Crippen LogP contribution in [0.4, 0.5) is 0 Å². The number of carbonyl (C=O) groups excluding carboxylic acids is 1. The first-order valence-corrected chi connectivity index (χ1v) is 4.55. The molecule has 0 aliphatic carbocycles. The monoisotopic (exact) mass is 186 g/mol. The zero-order chi connectivity index (χ0) is 9.97. The van der Waals surface area contributed by atoms with Crippen molar-refractivity contribution in [1.29, 1.82) is 5.26 Å². The molecule has 1 amide bonds. The summed E-state index contributed by atoms with van der Waals surface area (Å²) in [4.78, 5) is 11.3. The van der Waals surface area contributed by atoms with Crippen LogP contribution in [0.15, 0.2) is 30.3 Å². The van der Waals surface area contributed by atoms with Crippen LogP contribution < -0.4 is 5.32 Å². The fourth-order valence-electron chi connectivity index (χ4n) is 1.78. The number of carbonyl (C=O) groups is 1. The van der Waals surface area contributed by atoms with Crippen LogP contribution in [0.25, 0.3) is 0 Å². The van der Waals surface area contributed by atoms with Gasteiger partial charge in [-0.3, -0.25) is 4.79 Å². The number of nitrogens with zero attached hydrogens (tertiary/aromatic N) is 1. The van der Waals surface area contributed by atoms with E-state index >= 15 is 0 Å². The lowest BCUT2D eigenvalue weighted by Crippen LogP contribution is -2.18. The van der Waals surface area contributed by atoms with Gasteiger partial charge in [-0.1, -0.05) is 30.3 Å². The van der Waals surface area contributed by atoms with Gasteiger partial charge >= 0.3 is 0 Å². The van der Waals surface area contributed by atoms with Gasteiger partial charge in [0.05, 0.1) is 6.07 Å². The molecule has 1 aliphatic heterocycles. The summed E-state index contributed by atoms with van der Waals surface area (Å²) in [5.74, 6) is -0.674. The number of nitriles is 1. The molecule has 0 spiro atoms. The second kappa shape index (κ2) is 3.51. The summed E-state index contributed by atoms with van der Waals surface area (Å²) in [7, 11) is 0. The highest BCUT2D eigenvalue weighted by Gasteiger charge is 2.35. The fraction of sp³-hybridized carbons (Fsp3) is 0.273. The Kier molecular flexibility index (Phi) is 2.19. The van der Waals surface area contributed by atoms with E-state index in [1.807, 2.05) is 30.3 Å². The molecule has 1 aromatic carbocycles. The van der Waals surface area contributed by atoms with Crippen molar-refractivity contribution in [3.63, 3.8) is 0 Å². The molecule has 2 atom stereocenters. The summed E-state index contributed by atoms with van der Waals surface area (Å²) in [6.45, 7) is 0.571. The number of benzene rings is 1.